The van der Waals surface area contributed by atoms with E-state index in [1.807, 2.05) is 0 Å². The van der Waals surface area contributed by atoms with E-state index in [0.29, 0.717) is 35.8 Å². The number of nitrogens with one attached hydrogen (secondary N) is 1. The molecule has 45 heavy (non-hydrogen) atoms. The molecule has 14 heteroatoms. The Morgan fingerprint density at radius 1 is 1.00 bits per heavy atom. The summed E-state index contributed by atoms with van der Waals surface area (Å²) in [5.74, 6) is 0.387. The third-order valence-electron chi connectivity index (χ3n) is 7.00. The first-order chi connectivity index (χ1) is 21.3. The number of aliphatic hydroxyl groups excluding tert-OH is 3. The molecule has 0 aliphatic carbocycles. The lowest BCUT2D eigenvalue weighted by Crippen LogP contribution is -2.60. The maximum atomic E-state index is 13.3. The number of benzene rings is 2. The smallest absolute Gasteiger partial charge is 0.408 e. The Bertz CT molecular complexity index is 1610. The van der Waals surface area contributed by atoms with Crippen LogP contribution in [0.3, 0.4) is 0 Å². The van der Waals surface area contributed by atoms with Crippen molar-refractivity contribution < 1.29 is 57.7 Å². The van der Waals surface area contributed by atoms with E-state index < -0.39 is 61.0 Å². The molecular weight excluding hydrogens is 594 g/mol. The van der Waals surface area contributed by atoms with Gasteiger partial charge in [0.05, 0.1) is 10.9 Å². The van der Waals surface area contributed by atoms with Gasteiger partial charge in [-0.1, -0.05) is 6.07 Å². The molecule has 242 valence electrons. The number of rotatable bonds is 7. The first-order valence-electron chi connectivity index (χ1n) is 14.3. The minimum absolute atomic E-state index is 0.122. The molecule has 1 fully saturated rings. The molecule has 3 heterocycles. The van der Waals surface area contributed by atoms with Gasteiger partial charge in [-0.15, -0.1) is 0 Å². The molecule has 1 aromatic heterocycles. The Morgan fingerprint density at radius 3 is 2.47 bits per heavy atom. The molecule has 2 aliphatic heterocycles. The first kappa shape index (κ1) is 32.0. The van der Waals surface area contributed by atoms with Gasteiger partial charge in [0, 0.05) is 6.07 Å². The zero-order valence-electron chi connectivity index (χ0n) is 25.1. The van der Waals surface area contributed by atoms with Crippen molar-refractivity contribution in [1.82, 2.24) is 5.32 Å². The van der Waals surface area contributed by atoms with Crippen LogP contribution >= 0.6 is 0 Å². The topological polar surface area (TPSA) is 192 Å². The van der Waals surface area contributed by atoms with Gasteiger partial charge in [-0.3, -0.25) is 4.79 Å². The van der Waals surface area contributed by atoms with Gasteiger partial charge in [-0.2, -0.15) is 0 Å². The Labute approximate surface area is 257 Å². The summed E-state index contributed by atoms with van der Waals surface area (Å²) >= 11 is 0. The minimum Gasteiger partial charge on any atom is -0.486 e. The van der Waals surface area contributed by atoms with Crippen molar-refractivity contribution in [1.29, 1.82) is 0 Å². The number of aliphatic hydroxyl groups is 3. The van der Waals surface area contributed by atoms with Gasteiger partial charge >= 0.3 is 12.1 Å². The van der Waals surface area contributed by atoms with Gasteiger partial charge in [0.15, 0.2) is 16.9 Å². The molecule has 1 saturated heterocycles. The van der Waals surface area contributed by atoms with Crippen molar-refractivity contribution >= 4 is 23.0 Å². The summed E-state index contributed by atoms with van der Waals surface area (Å²) in [7, 11) is 0. The van der Waals surface area contributed by atoms with Crippen LogP contribution in [-0.2, 0) is 19.0 Å². The number of hydrogen-bond acceptors (Lipinski definition) is 13. The van der Waals surface area contributed by atoms with Crippen LogP contribution in [0.1, 0.15) is 27.7 Å². The molecule has 0 spiro atoms. The van der Waals surface area contributed by atoms with E-state index in [1.165, 1.54) is 31.4 Å². The van der Waals surface area contributed by atoms with E-state index in [4.69, 9.17) is 32.8 Å². The highest BCUT2D eigenvalue weighted by atomic mass is 16.7. The average molecular weight is 630 g/mol. The van der Waals surface area contributed by atoms with Crippen LogP contribution in [0.2, 0.25) is 0 Å². The lowest BCUT2D eigenvalue weighted by atomic mass is 9.99. The number of alkyl carbamates (subject to hydrolysis) is 1. The van der Waals surface area contributed by atoms with Crippen LogP contribution in [0.25, 0.3) is 22.1 Å². The van der Waals surface area contributed by atoms with Crippen LogP contribution in [0.4, 0.5) is 4.79 Å². The van der Waals surface area contributed by atoms with Crippen molar-refractivity contribution in [3.8, 4) is 28.4 Å². The normalized spacial score (nSPS) is 23.6. The monoisotopic (exact) mass is 629 g/mol. The second-order valence-electron chi connectivity index (χ2n) is 11.6. The van der Waals surface area contributed by atoms with E-state index in [-0.39, 0.29) is 22.1 Å². The summed E-state index contributed by atoms with van der Waals surface area (Å²) in [6, 6.07) is 8.42. The second kappa shape index (κ2) is 12.9. The number of ether oxygens (including phenoxy) is 6. The Hall–Kier alpha value is -4.37. The maximum Gasteiger partial charge on any atom is 0.408 e. The van der Waals surface area contributed by atoms with Gasteiger partial charge in [-0.25, -0.2) is 9.59 Å². The van der Waals surface area contributed by atoms with Crippen LogP contribution in [0.5, 0.6) is 17.2 Å². The molecule has 14 nitrogen and oxygen atoms in total. The fourth-order valence-corrected chi connectivity index (χ4v) is 4.71. The van der Waals surface area contributed by atoms with Gasteiger partial charge < -0.3 is 53.5 Å². The first-order valence-corrected chi connectivity index (χ1v) is 14.3. The summed E-state index contributed by atoms with van der Waals surface area (Å²) in [4.78, 5) is 37.7. The van der Waals surface area contributed by atoms with Crippen molar-refractivity contribution in [2.45, 2.75) is 70.0 Å². The quantitative estimate of drug-likeness (QED) is 0.277. The molecular formula is C31H35NO13. The van der Waals surface area contributed by atoms with Crippen molar-refractivity contribution in [2.24, 2.45) is 0 Å². The zero-order valence-corrected chi connectivity index (χ0v) is 25.1. The lowest BCUT2D eigenvalue weighted by molar-refractivity contribution is -0.278. The van der Waals surface area contributed by atoms with E-state index in [0.717, 1.165) is 0 Å². The highest BCUT2D eigenvalue weighted by molar-refractivity contribution is 5.83. The van der Waals surface area contributed by atoms with Crippen molar-refractivity contribution in [2.75, 3.05) is 19.8 Å². The number of fused-ring (bicyclic) bond motifs is 2. The molecule has 0 radical (unpaired) electrons. The molecule has 0 saturated carbocycles. The van der Waals surface area contributed by atoms with Crippen molar-refractivity contribution in [3.63, 3.8) is 0 Å². The lowest BCUT2D eigenvalue weighted by Gasteiger charge is -2.40. The predicted molar refractivity (Wildman–Crippen MR) is 156 cm³/mol. The summed E-state index contributed by atoms with van der Waals surface area (Å²) < 4.78 is 38.5. The van der Waals surface area contributed by atoms with E-state index >= 15 is 0 Å². The highest BCUT2D eigenvalue weighted by Gasteiger charge is 2.45. The molecule has 1 amide bonds. The molecule has 2 aromatic carbocycles. The molecule has 0 unspecified atom stereocenters. The van der Waals surface area contributed by atoms with Crippen LogP contribution in [-0.4, -0.2) is 89.6 Å². The van der Waals surface area contributed by atoms with Gasteiger partial charge in [0.25, 0.3) is 0 Å². The van der Waals surface area contributed by atoms with E-state index in [2.05, 4.69) is 5.32 Å². The Morgan fingerprint density at radius 2 is 1.73 bits per heavy atom. The second-order valence-corrected chi connectivity index (χ2v) is 11.6. The number of esters is 1. The average Bonchev–Trinajstić information content (AvgIpc) is 2.99. The number of carbonyl (C=O) groups is 2. The van der Waals surface area contributed by atoms with Crippen LogP contribution < -0.4 is 25.0 Å². The summed E-state index contributed by atoms with van der Waals surface area (Å²) in [5, 5.41) is 34.0. The summed E-state index contributed by atoms with van der Waals surface area (Å²) in [5.41, 5.74) is 0.00530. The van der Waals surface area contributed by atoms with Gasteiger partial charge in [0.2, 0.25) is 6.29 Å². The maximum absolute atomic E-state index is 13.3. The number of carbonyl (C=O) groups excluding carboxylic acids is 2. The number of amides is 1. The fourth-order valence-electron chi connectivity index (χ4n) is 4.71. The molecule has 5 rings (SSSR count). The highest BCUT2D eigenvalue weighted by Crippen LogP contribution is 2.34. The zero-order chi connectivity index (χ0) is 32.5. The molecule has 2 aliphatic rings. The minimum atomic E-state index is -1.71. The van der Waals surface area contributed by atoms with Crippen molar-refractivity contribution in [3.05, 3.63) is 52.9 Å². The largest absolute Gasteiger partial charge is 0.486 e. The SMILES string of the molecule is C[C@@H](NC(=O)OC(C)(C)C)C(=O)OC[C@@H]1O[C@@H](Oc2ccc3c(=O)c(-c4ccc5c(c4)OCCO5)coc3c2)[C@@H](O)[C@@H](O)[C@@H]1O. The molecule has 0 bridgehead atoms. The summed E-state index contributed by atoms with van der Waals surface area (Å²) in [6.07, 6.45) is -7.32. The van der Waals surface area contributed by atoms with Gasteiger partial charge in [-0.05, 0) is 57.5 Å². The standard InChI is InChI=1S/C31H35NO13/c1-15(32-30(38)45-31(2,3)4)28(37)42-14-23-25(34)26(35)27(36)29(44-23)43-17-6-7-18-21(12-17)41-13-19(24(18)33)16-5-8-20-22(11-16)40-10-9-39-20/h5-8,11-13,15,23,25-27,29,34-36H,9-10,14H2,1-4H3,(H,32,38)/t15-,23+,25-,26+,27+,29-/m1/s1. The van der Waals surface area contributed by atoms with Gasteiger partial charge in [0.1, 0.15) is 73.5 Å². The molecule has 3 aromatic rings. The third kappa shape index (κ3) is 7.31. The Balaban J connectivity index is 1.25. The van der Waals surface area contributed by atoms with Crippen LogP contribution in [0, 0.1) is 0 Å². The predicted octanol–water partition coefficient (Wildman–Crippen LogP) is 1.87. The fraction of sp³-hybridized carbons (Fsp3) is 0.452. The summed E-state index contributed by atoms with van der Waals surface area (Å²) in [6.45, 7) is 6.71. The van der Waals surface area contributed by atoms with Crippen LogP contribution in [0.15, 0.2) is 51.9 Å². The third-order valence-corrected chi connectivity index (χ3v) is 7.00. The number of hydrogen-bond donors (Lipinski definition) is 4. The Kier molecular flexibility index (Phi) is 9.20. The molecule has 6 atom stereocenters. The molecule has 4 N–H and O–H groups in total. The van der Waals surface area contributed by atoms with E-state index in [1.54, 1.807) is 39.0 Å². The van der Waals surface area contributed by atoms with E-state index in [9.17, 15) is 29.7 Å².